The number of nitrogens with one attached hydrogen (secondary N) is 2. The molecule has 0 spiro atoms. The number of sulfone groups is 1. The van der Waals surface area contributed by atoms with Gasteiger partial charge in [0.05, 0.1) is 6.54 Å². The van der Waals surface area contributed by atoms with E-state index in [9.17, 15) is 13.2 Å². The van der Waals surface area contributed by atoms with Crippen LogP contribution in [-0.4, -0.2) is 51.6 Å². The van der Waals surface area contributed by atoms with E-state index in [2.05, 4.69) is 16.7 Å². The maximum absolute atomic E-state index is 12.5. The third-order valence-electron chi connectivity index (χ3n) is 4.39. The van der Waals surface area contributed by atoms with E-state index < -0.39 is 20.5 Å². The fourth-order valence-electron chi connectivity index (χ4n) is 3.11. The second kappa shape index (κ2) is 8.87. The van der Waals surface area contributed by atoms with Crippen molar-refractivity contribution in [3.63, 3.8) is 0 Å². The summed E-state index contributed by atoms with van der Waals surface area (Å²) in [5, 5.41) is 5.82. The first-order chi connectivity index (χ1) is 11.2. The largest absolute Gasteiger partial charge is 0.492 e. The normalized spacial score (nSPS) is 16.6. The molecule has 2 N–H and O–H groups in total. The maximum atomic E-state index is 12.5. The van der Waals surface area contributed by atoms with Gasteiger partial charge in [-0.1, -0.05) is 6.07 Å². The summed E-state index contributed by atoms with van der Waals surface area (Å²) in [5.41, 5.74) is 2.22. The summed E-state index contributed by atoms with van der Waals surface area (Å²) < 4.78 is 28.6. The van der Waals surface area contributed by atoms with Gasteiger partial charge in [0.1, 0.15) is 12.4 Å². The number of benzene rings is 1. The zero-order chi connectivity index (χ0) is 17.8. The van der Waals surface area contributed by atoms with Crippen molar-refractivity contribution in [3.8, 4) is 5.75 Å². The lowest BCUT2D eigenvalue weighted by Gasteiger charge is -2.34. The number of carbonyl (C=O) groups is 1. The lowest BCUT2D eigenvalue weighted by Crippen LogP contribution is -2.57. The van der Waals surface area contributed by atoms with Crippen LogP contribution in [0.2, 0.25) is 0 Å². The van der Waals surface area contributed by atoms with Gasteiger partial charge in [-0.2, -0.15) is 0 Å². The van der Waals surface area contributed by atoms with Gasteiger partial charge in [0.15, 0.2) is 14.6 Å². The van der Waals surface area contributed by atoms with Crippen molar-refractivity contribution in [2.45, 2.75) is 31.4 Å². The second-order valence-electron chi connectivity index (χ2n) is 6.44. The van der Waals surface area contributed by atoms with Crippen LogP contribution in [0.15, 0.2) is 18.2 Å². The monoisotopic (exact) mass is 390 g/mol. The average Bonchev–Trinajstić information content (AvgIpc) is 2.50. The number of ether oxygens (including phenoxy) is 1. The Kier molecular flexibility index (Phi) is 7.71. The molecule has 1 aromatic rings. The quantitative estimate of drug-likeness (QED) is 0.717. The summed E-state index contributed by atoms with van der Waals surface area (Å²) in [5.74, 6) is 0.331. The van der Waals surface area contributed by atoms with Gasteiger partial charge in [0, 0.05) is 6.26 Å². The van der Waals surface area contributed by atoms with E-state index in [-0.39, 0.29) is 19.0 Å². The molecule has 6 nitrogen and oxygen atoms in total. The Morgan fingerprint density at radius 3 is 2.28 bits per heavy atom. The Morgan fingerprint density at radius 1 is 1.20 bits per heavy atom. The van der Waals surface area contributed by atoms with Crippen molar-refractivity contribution in [1.29, 1.82) is 0 Å². The molecule has 0 saturated carbocycles. The zero-order valence-electron chi connectivity index (χ0n) is 14.9. The summed E-state index contributed by atoms with van der Waals surface area (Å²) >= 11 is 0. The molecule has 2 rings (SSSR count). The number of aryl methyl sites for hydroxylation is 2. The molecule has 1 aliphatic heterocycles. The molecule has 0 aromatic heterocycles. The van der Waals surface area contributed by atoms with Gasteiger partial charge in [-0.15, -0.1) is 12.4 Å². The standard InChI is InChI=1S/C17H26N2O4S.ClH/c1-13-10-14(2)12-15(11-13)23-9-8-19-16(20)17(24(3,21)22)4-6-18-7-5-17;/h10-12,18H,4-9H2,1-3H3,(H,19,20);1H. The van der Waals surface area contributed by atoms with Crippen molar-refractivity contribution < 1.29 is 17.9 Å². The van der Waals surface area contributed by atoms with Crippen molar-refractivity contribution in [3.05, 3.63) is 29.3 Å². The van der Waals surface area contributed by atoms with Crippen molar-refractivity contribution >= 4 is 28.2 Å². The topological polar surface area (TPSA) is 84.5 Å². The molecule has 0 unspecified atom stereocenters. The van der Waals surface area contributed by atoms with Crippen LogP contribution in [0.5, 0.6) is 5.75 Å². The Hall–Kier alpha value is -1.31. The predicted molar refractivity (Wildman–Crippen MR) is 101 cm³/mol. The minimum absolute atomic E-state index is 0. The molecule has 1 amide bonds. The molecule has 0 atom stereocenters. The first-order valence-electron chi connectivity index (χ1n) is 8.14. The molecule has 0 radical (unpaired) electrons. The van der Waals surface area contributed by atoms with E-state index in [1.807, 2.05) is 26.0 Å². The second-order valence-corrected chi connectivity index (χ2v) is 8.77. The highest BCUT2D eigenvalue weighted by Gasteiger charge is 2.48. The molecule has 8 heteroatoms. The third-order valence-corrected chi connectivity index (χ3v) is 6.40. The molecule has 1 fully saturated rings. The van der Waals surface area contributed by atoms with E-state index in [4.69, 9.17) is 4.74 Å². The van der Waals surface area contributed by atoms with Crippen molar-refractivity contribution in [2.24, 2.45) is 0 Å². The van der Waals surface area contributed by atoms with Crippen LogP contribution in [0.3, 0.4) is 0 Å². The summed E-state index contributed by atoms with van der Waals surface area (Å²) in [7, 11) is -3.48. The number of rotatable bonds is 6. The molecule has 0 aliphatic carbocycles. The van der Waals surface area contributed by atoms with Gasteiger partial charge in [-0.3, -0.25) is 4.79 Å². The van der Waals surface area contributed by atoms with Crippen LogP contribution in [0.4, 0.5) is 0 Å². The molecule has 1 saturated heterocycles. The van der Waals surface area contributed by atoms with Gasteiger partial charge in [-0.25, -0.2) is 8.42 Å². The first kappa shape index (κ1) is 21.7. The fourth-order valence-corrected chi connectivity index (χ4v) is 4.46. The van der Waals surface area contributed by atoms with Crippen molar-refractivity contribution in [2.75, 3.05) is 32.5 Å². The maximum Gasteiger partial charge on any atom is 0.241 e. The highest BCUT2D eigenvalue weighted by molar-refractivity contribution is 7.92. The number of hydrogen-bond donors (Lipinski definition) is 2. The Morgan fingerprint density at radius 2 is 1.76 bits per heavy atom. The molecule has 25 heavy (non-hydrogen) atoms. The molecule has 1 aromatic carbocycles. The average molecular weight is 391 g/mol. The molecular weight excluding hydrogens is 364 g/mol. The summed E-state index contributed by atoms with van der Waals surface area (Å²) in [6, 6.07) is 5.92. The van der Waals surface area contributed by atoms with E-state index >= 15 is 0 Å². The van der Waals surface area contributed by atoms with Gasteiger partial charge < -0.3 is 15.4 Å². The smallest absolute Gasteiger partial charge is 0.241 e. The Labute approximate surface area is 156 Å². The van der Waals surface area contributed by atoms with Crippen LogP contribution in [0.25, 0.3) is 0 Å². The number of carbonyl (C=O) groups excluding carboxylic acids is 1. The van der Waals surface area contributed by atoms with Crippen LogP contribution in [0.1, 0.15) is 24.0 Å². The molecule has 142 valence electrons. The third kappa shape index (κ3) is 5.33. The van der Waals surface area contributed by atoms with Crippen LogP contribution in [0, 0.1) is 13.8 Å². The Bertz CT molecular complexity index is 680. The highest BCUT2D eigenvalue weighted by Crippen LogP contribution is 2.27. The van der Waals surface area contributed by atoms with E-state index in [1.54, 1.807) is 0 Å². The molecule has 1 aliphatic rings. The summed E-state index contributed by atoms with van der Waals surface area (Å²) in [6.07, 6.45) is 1.75. The van der Waals surface area contributed by atoms with Gasteiger partial charge in [-0.05, 0) is 63.0 Å². The van der Waals surface area contributed by atoms with E-state index in [1.165, 1.54) is 0 Å². The van der Waals surface area contributed by atoms with Crippen LogP contribution >= 0.6 is 12.4 Å². The van der Waals surface area contributed by atoms with Gasteiger partial charge in [0.25, 0.3) is 0 Å². The van der Waals surface area contributed by atoms with E-state index in [0.717, 1.165) is 23.1 Å². The van der Waals surface area contributed by atoms with Crippen LogP contribution < -0.4 is 15.4 Å². The first-order valence-corrected chi connectivity index (χ1v) is 10.0. The summed E-state index contributed by atoms with van der Waals surface area (Å²) in [6.45, 7) is 5.62. The number of piperidine rings is 1. The zero-order valence-corrected chi connectivity index (χ0v) is 16.6. The minimum Gasteiger partial charge on any atom is -0.492 e. The number of halogens is 1. The minimum atomic E-state index is -3.48. The lowest BCUT2D eigenvalue weighted by atomic mass is 9.96. The number of amides is 1. The fraction of sp³-hybridized carbons (Fsp3) is 0.588. The number of hydrogen-bond acceptors (Lipinski definition) is 5. The van der Waals surface area contributed by atoms with Gasteiger partial charge >= 0.3 is 0 Å². The SMILES string of the molecule is Cc1cc(C)cc(OCCNC(=O)C2(S(C)(=O)=O)CCNCC2)c1.Cl. The predicted octanol–water partition coefficient (Wildman–Crippen LogP) is 1.39. The highest BCUT2D eigenvalue weighted by atomic mass is 35.5. The van der Waals surface area contributed by atoms with Crippen LogP contribution in [-0.2, 0) is 14.6 Å². The molecular formula is C17H27ClN2O4S. The van der Waals surface area contributed by atoms with Crippen molar-refractivity contribution in [1.82, 2.24) is 10.6 Å². The molecule has 1 heterocycles. The lowest BCUT2D eigenvalue weighted by molar-refractivity contribution is -0.124. The van der Waals surface area contributed by atoms with E-state index in [0.29, 0.717) is 32.5 Å². The summed E-state index contributed by atoms with van der Waals surface area (Å²) in [4.78, 5) is 12.5. The molecule has 0 bridgehead atoms. The Balaban J connectivity index is 0.00000312. The van der Waals surface area contributed by atoms with Gasteiger partial charge in [0.2, 0.25) is 5.91 Å².